The SMILES string of the molecule is Cc1ccc(C)c(COc2ccc3c(c2)CC[C@H]3O)c1. The van der Waals surface area contributed by atoms with Crippen LogP contribution < -0.4 is 4.74 Å². The molecule has 104 valence electrons. The van der Waals surface area contributed by atoms with Gasteiger partial charge < -0.3 is 9.84 Å². The summed E-state index contributed by atoms with van der Waals surface area (Å²) in [5, 5.41) is 9.81. The number of hydrogen-bond acceptors (Lipinski definition) is 2. The van der Waals surface area contributed by atoms with Crippen molar-refractivity contribution in [2.75, 3.05) is 0 Å². The highest BCUT2D eigenvalue weighted by atomic mass is 16.5. The summed E-state index contributed by atoms with van der Waals surface area (Å²) in [6.45, 7) is 4.80. The summed E-state index contributed by atoms with van der Waals surface area (Å²) in [6, 6.07) is 12.4. The Labute approximate surface area is 120 Å². The molecule has 0 saturated carbocycles. The van der Waals surface area contributed by atoms with Crippen LogP contribution in [0.2, 0.25) is 0 Å². The summed E-state index contributed by atoms with van der Waals surface area (Å²) in [4.78, 5) is 0. The van der Waals surface area contributed by atoms with Gasteiger partial charge in [0.2, 0.25) is 0 Å². The Balaban J connectivity index is 1.74. The van der Waals surface area contributed by atoms with Crippen molar-refractivity contribution in [1.29, 1.82) is 0 Å². The third-order valence-corrected chi connectivity index (χ3v) is 4.06. The Bertz CT molecular complexity index is 631. The monoisotopic (exact) mass is 268 g/mol. The van der Waals surface area contributed by atoms with Gasteiger partial charge in [0, 0.05) is 0 Å². The zero-order valence-corrected chi connectivity index (χ0v) is 12.0. The van der Waals surface area contributed by atoms with Crippen molar-refractivity contribution in [1.82, 2.24) is 0 Å². The molecule has 2 nitrogen and oxygen atoms in total. The van der Waals surface area contributed by atoms with Gasteiger partial charge in [-0.15, -0.1) is 0 Å². The van der Waals surface area contributed by atoms with E-state index in [1.165, 1.54) is 22.3 Å². The lowest BCUT2D eigenvalue weighted by molar-refractivity contribution is 0.180. The van der Waals surface area contributed by atoms with Crippen LogP contribution in [-0.2, 0) is 13.0 Å². The Kier molecular flexibility index (Phi) is 3.49. The molecule has 0 aromatic heterocycles. The number of aliphatic hydroxyl groups excluding tert-OH is 1. The standard InChI is InChI=1S/C18H20O2/c1-12-3-4-13(2)15(9-12)11-20-16-6-7-17-14(10-16)5-8-18(17)19/h3-4,6-7,9-10,18-19H,5,8,11H2,1-2H3/t18-/m1/s1. The molecule has 0 saturated heterocycles. The van der Waals surface area contributed by atoms with Gasteiger partial charge in [0.05, 0.1) is 6.10 Å². The lowest BCUT2D eigenvalue weighted by atomic mass is 10.1. The normalized spacial score (nSPS) is 17.1. The fourth-order valence-electron chi connectivity index (χ4n) is 2.78. The van der Waals surface area contributed by atoms with Crippen molar-refractivity contribution < 1.29 is 9.84 Å². The lowest BCUT2D eigenvalue weighted by Crippen LogP contribution is -1.99. The van der Waals surface area contributed by atoms with Gasteiger partial charge in [-0.25, -0.2) is 0 Å². The van der Waals surface area contributed by atoms with Crippen LogP contribution in [0.1, 0.15) is 40.3 Å². The molecule has 0 radical (unpaired) electrons. The molecule has 2 aromatic rings. The van der Waals surface area contributed by atoms with E-state index in [2.05, 4.69) is 38.1 Å². The molecule has 1 N–H and O–H groups in total. The number of aliphatic hydroxyl groups is 1. The van der Waals surface area contributed by atoms with Crippen molar-refractivity contribution in [3.8, 4) is 5.75 Å². The highest BCUT2D eigenvalue weighted by Crippen LogP contribution is 2.33. The summed E-state index contributed by atoms with van der Waals surface area (Å²) in [5.41, 5.74) is 6.02. The summed E-state index contributed by atoms with van der Waals surface area (Å²) in [5.74, 6) is 0.888. The molecule has 0 fully saturated rings. The van der Waals surface area contributed by atoms with Crippen LogP contribution in [0.4, 0.5) is 0 Å². The topological polar surface area (TPSA) is 29.5 Å². The minimum absolute atomic E-state index is 0.293. The van der Waals surface area contributed by atoms with E-state index in [1.807, 2.05) is 12.1 Å². The number of rotatable bonds is 3. The molecule has 2 heteroatoms. The maximum atomic E-state index is 9.81. The predicted octanol–water partition coefficient (Wildman–Crippen LogP) is 3.86. The van der Waals surface area contributed by atoms with Crippen LogP contribution in [0.3, 0.4) is 0 Å². The maximum absolute atomic E-state index is 9.81. The molecular formula is C18H20O2. The third-order valence-electron chi connectivity index (χ3n) is 4.06. The smallest absolute Gasteiger partial charge is 0.120 e. The van der Waals surface area contributed by atoms with Gasteiger partial charge in [0.25, 0.3) is 0 Å². The zero-order chi connectivity index (χ0) is 14.1. The molecule has 1 aliphatic carbocycles. The van der Waals surface area contributed by atoms with E-state index in [1.54, 1.807) is 0 Å². The second kappa shape index (κ2) is 5.29. The molecule has 0 amide bonds. The minimum atomic E-state index is -0.293. The van der Waals surface area contributed by atoms with Gasteiger partial charge in [-0.3, -0.25) is 0 Å². The van der Waals surface area contributed by atoms with Crippen LogP contribution in [-0.4, -0.2) is 5.11 Å². The molecule has 20 heavy (non-hydrogen) atoms. The summed E-state index contributed by atoms with van der Waals surface area (Å²) >= 11 is 0. The van der Waals surface area contributed by atoms with Crippen LogP contribution in [0.15, 0.2) is 36.4 Å². The van der Waals surface area contributed by atoms with E-state index in [0.29, 0.717) is 6.61 Å². The van der Waals surface area contributed by atoms with Gasteiger partial charge >= 0.3 is 0 Å². The minimum Gasteiger partial charge on any atom is -0.489 e. The number of benzene rings is 2. The number of ether oxygens (including phenoxy) is 1. The lowest BCUT2D eigenvalue weighted by Gasteiger charge is -2.11. The molecule has 3 rings (SSSR count). The molecule has 1 atom stereocenters. The molecule has 0 bridgehead atoms. The zero-order valence-electron chi connectivity index (χ0n) is 12.0. The van der Waals surface area contributed by atoms with Crippen LogP contribution in [0, 0.1) is 13.8 Å². The Morgan fingerprint density at radius 1 is 1.15 bits per heavy atom. The summed E-state index contributed by atoms with van der Waals surface area (Å²) < 4.78 is 5.91. The first-order valence-corrected chi connectivity index (χ1v) is 7.13. The van der Waals surface area contributed by atoms with E-state index in [-0.39, 0.29) is 6.10 Å². The van der Waals surface area contributed by atoms with Gasteiger partial charge in [-0.1, -0.05) is 29.8 Å². The molecule has 0 spiro atoms. The van der Waals surface area contributed by atoms with Gasteiger partial charge in [-0.05, 0) is 61.1 Å². The third kappa shape index (κ3) is 2.56. The first-order chi connectivity index (χ1) is 9.63. The highest BCUT2D eigenvalue weighted by Gasteiger charge is 2.20. The quantitative estimate of drug-likeness (QED) is 0.916. The van der Waals surface area contributed by atoms with E-state index in [9.17, 15) is 5.11 Å². The molecule has 0 aliphatic heterocycles. The van der Waals surface area contributed by atoms with Gasteiger partial charge in [0.15, 0.2) is 0 Å². The van der Waals surface area contributed by atoms with E-state index in [0.717, 1.165) is 24.2 Å². The highest BCUT2D eigenvalue weighted by molar-refractivity contribution is 5.40. The molecule has 0 heterocycles. The van der Waals surface area contributed by atoms with Crippen LogP contribution in [0.5, 0.6) is 5.75 Å². The Hall–Kier alpha value is -1.80. The van der Waals surface area contributed by atoms with E-state index >= 15 is 0 Å². The maximum Gasteiger partial charge on any atom is 0.120 e. The second-order valence-corrected chi connectivity index (χ2v) is 5.63. The van der Waals surface area contributed by atoms with Crippen molar-refractivity contribution in [2.24, 2.45) is 0 Å². The van der Waals surface area contributed by atoms with Gasteiger partial charge in [-0.2, -0.15) is 0 Å². The summed E-state index contributed by atoms with van der Waals surface area (Å²) in [7, 11) is 0. The van der Waals surface area contributed by atoms with Gasteiger partial charge in [0.1, 0.15) is 12.4 Å². The first-order valence-electron chi connectivity index (χ1n) is 7.13. The number of fused-ring (bicyclic) bond motifs is 1. The van der Waals surface area contributed by atoms with Crippen LogP contribution in [0.25, 0.3) is 0 Å². The molecular weight excluding hydrogens is 248 g/mol. The average molecular weight is 268 g/mol. The Morgan fingerprint density at radius 2 is 2.00 bits per heavy atom. The predicted molar refractivity (Wildman–Crippen MR) is 80.0 cm³/mol. The van der Waals surface area contributed by atoms with Crippen molar-refractivity contribution in [2.45, 2.75) is 39.4 Å². The average Bonchev–Trinajstić information content (AvgIpc) is 2.81. The molecule has 0 unspecified atom stereocenters. The van der Waals surface area contributed by atoms with Crippen molar-refractivity contribution in [3.63, 3.8) is 0 Å². The van der Waals surface area contributed by atoms with Crippen LogP contribution >= 0.6 is 0 Å². The fraction of sp³-hybridized carbons (Fsp3) is 0.333. The second-order valence-electron chi connectivity index (χ2n) is 5.63. The number of hydrogen-bond donors (Lipinski definition) is 1. The van der Waals surface area contributed by atoms with E-state index in [4.69, 9.17) is 4.74 Å². The number of aryl methyl sites for hydroxylation is 3. The molecule has 2 aromatic carbocycles. The largest absolute Gasteiger partial charge is 0.489 e. The van der Waals surface area contributed by atoms with Crippen molar-refractivity contribution >= 4 is 0 Å². The Morgan fingerprint density at radius 3 is 2.85 bits per heavy atom. The van der Waals surface area contributed by atoms with E-state index < -0.39 is 0 Å². The fourth-order valence-corrected chi connectivity index (χ4v) is 2.78. The van der Waals surface area contributed by atoms with Crippen molar-refractivity contribution in [3.05, 3.63) is 64.2 Å². The first kappa shape index (κ1) is 13.2. The molecule has 1 aliphatic rings. The summed E-state index contributed by atoms with van der Waals surface area (Å²) in [6.07, 6.45) is 1.48.